The third-order valence-electron chi connectivity index (χ3n) is 3.73. The lowest BCUT2D eigenvalue weighted by atomic mass is 10.1. The van der Waals surface area contributed by atoms with Gasteiger partial charge in [0.25, 0.3) is 0 Å². The van der Waals surface area contributed by atoms with Gasteiger partial charge in [0.05, 0.1) is 12.7 Å². The molecule has 0 unspecified atom stereocenters. The van der Waals surface area contributed by atoms with Crippen molar-refractivity contribution >= 4 is 11.9 Å². The van der Waals surface area contributed by atoms with Crippen molar-refractivity contribution in [2.45, 2.75) is 26.8 Å². The number of carbonyl (C=O) groups excluding carboxylic acids is 2. The lowest BCUT2D eigenvalue weighted by molar-refractivity contribution is -0.126. The second kappa shape index (κ2) is 6.11. The van der Waals surface area contributed by atoms with Gasteiger partial charge in [-0.25, -0.2) is 9.18 Å². The van der Waals surface area contributed by atoms with Gasteiger partial charge < -0.3 is 10.2 Å². The molecule has 0 aliphatic carbocycles. The zero-order valence-electron chi connectivity index (χ0n) is 12.5. The Morgan fingerprint density at radius 2 is 2.19 bits per heavy atom. The lowest BCUT2D eigenvalue weighted by Gasteiger charge is -2.21. The summed E-state index contributed by atoms with van der Waals surface area (Å²) >= 11 is 0. The molecule has 3 amide bonds. The van der Waals surface area contributed by atoms with Crippen LogP contribution in [-0.4, -0.2) is 41.5 Å². The van der Waals surface area contributed by atoms with Gasteiger partial charge in [-0.15, -0.1) is 0 Å². The fourth-order valence-electron chi connectivity index (χ4n) is 2.25. The van der Waals surface area contributed by atoms with Gasteiger partial charge in [-0.05, 0) is 38.0 Å². The number of rotatable bonds is 3. The molecule has 6 heteroatoms. The van der Waals surface area contributed by atoms with Crippen molar-refractivity contribution in [3.63, 3.8) is 0 Å². The number of nitrogens with zero attached hydrogens (tertiary/aromatic N) is 2. The average Bonchev–Trinajstić information content (AvgIpc) is 2.83. The molecule has 21 heavy (non-hydrogen) atoms. The van der Waals surface area contributed by atoms with Gasteiger partial charge in [-0.1, -0.05) is 12.1 Å². The van der Waals surface area contributed by atoms with E-state index in [9.17, 15) is 14.0 Å². The average molecular weight is 293 g/mol. The Hall–Kier alpha value is -2.11. The number of carbonyl (C=O) groups is 2. The third kappa shape index (κ3) is 3.32. The number of hydrogen-bond acceptors (Lipinski definition) is 2. The summed E-state index contributed by atoms with van der Waals surface area (Å²) < 4.78 is 13.6. The van der Waals surface area contributed by atoms with Crippen LogP contribution in [0.5, 0.6) is 0 Å². The van der Waals surface area contributed by atoms with Crippen molar-refractivity contribution in [3.05, 3.63) is 35.1 Å². The van der Waals surface area contributed by atoms with Crippen LogP contribution in [0.3, 0.4) is 0 Å². The molecule has 0 bridgehead atoms. The van der Waals surface area contributed by atoms with Crippen molar-refractivity contribution in [2.24, 2.45) is 0 Å². The van der Waals surface area contributed by atoms with E-state index in [0.29, 0.717) is 24.3 Å². The third-order valence-corrected chi connectivity index (χ3v) is 3.73. The van der Waals surface area contributed by atoms with Crippen LogP contribution in [0.1, 0.15) is 31.0 Å². The molecule has 1 fully saturated rings. The van der Waals surface area contributed by atoms with E-state index in [0.717, 1.165) is 0 Å². The highest BCUT2D eigenvalue weighted by Crippen LogP contribution is 2.17. The van der Waals surface area contributed by atoms with Gasteiger partial charge in [-0.2, -0.15) is 0 Å². The van der Waals surface area contributed by atoms with E-state index < -0.39 is 0 Å². The van der Waals surface area contributed by atoms with Gasteiger partial charge in [0.15, 0.2) is 0 Å². The molecule has 1 heterocycles. The minimum atomic E-state index is -0.321. The summed E-state index contributed by atoms with van der Waals surface area (Å²) in [5.74, 6) is -0.344. The van der Waals surface area contributed by atoms with E-state index in [1.807, 2.05) is 6.92 Å². The van der Waals surface area contributed by atoms with Crippen LogP contribution in [0.15, 0.2) is 18.2 Å². The molecule has 1 aliphatic rings. The van der Waals surface area contributed by atoms with Crippen molar-refractivity contribution in [2.75, 3.05) is 19.8 Å². The van der Waals surface area contributed by atoms with Gasteiger partial charge in [0, 0.05) is 6.54 Å². The normalized spacial score (nSPS) is 16.3. The molecule has 5 nitrogen and oxygen atoms in total. The molecule has 114 valence electrons. The number of amides is 3. The smallest absolute Gasteiger partial charge is 0.319 e. The maximum absolute atomic E-state index is 13.6. The summed E-state index contributed by atoms with van der Waals surface area (Å²) in [6.07, 6.45) is 0. The second-order valence-electron chi connectivity index (χ2n) is 5.27. The number of likely N-dealkylation sites (N-methyl/N-ethyl adjacent to an activating group) is 1. The maximum atomic E-state index is 13.6. The molecule has 0 aromatic heterocycles. The molecule has 1 aromatic carbocycles. The number of benzene rings is 1. The Morgan fingerprint density at radius 1 is 1.48 bits per heavy atom. The van der Waals surface area contributed by atoms with Crippen molar-refractivity contribution in [1.82, 2.24) is 15.1 Å². The highest BCUT2D eigenvalue weighted by Gasteiger charge is 2.30. The molecule has 0 radical (unpaired) electrons. The van der Waals surface area contributed by atoms with E-state index >= 15 is 0 Å². The summed E-state index contributed by atoms with van der Waals surface area (Å²) in [6, 6.07) is 4.27. The predicted octanol–water partition coefficient (Wildman–Crippen LogP) is 2.03. The zero-order chi connectivity index (χ0) is 15.6. The Bertz CT molecular complexity index is 562. The van der Waals surface area contributed by atoms with Crippen LogP contribution >= 0.6 is 0 Å². The summed E-state index contributed by atoms with van der Waals surface area (Å²) in [6.45, 7) is 6.33. The quantitative estimate of drug-likeness (QED) is 0.927. The highest BCUT2D eigenvalue weighted by atomic mass is 19.1. The minimum absolute atomic E-state index is 0.0540. The van der Waals surface area contributed by atoms with Gasteiger partial charge in [0.1, 0.15) is 12.4 Å². The first kappa shape index (κ1) is 15.3. The topological polar surface area (TPSA) is 52.6 Å². The summed E-state index contributed by atoms with van der Waals surface area (Å²) in [7, 11) is 0. The standard InChI is InChI=1S/C15H20FN3O2/c1-4-18-9-19(8-14(18)20)15(21)17-11(3)12-6-5-10(2)13(16)7-12/h5-7,11H,4,8-9H2,1-3H3,(H,17,21)/t11-/m0/s1. The Balaban J connectivity index is 1.99. The molecule has 0 saturated carbocycles. The van der Waals surface area contributed by atoms with Crippen LogP contribution in [0, 0.1) is 12.7 Å². The highest BCUT2D eigenvalue weighted by molar-refractivity contribution is 5.87. The Morgan fingerprint density at radius 3 is 2.76 bits per heavy atom. The minimum Gasteiger partial charge on any atom is -0.331 e. The monoisotopic (exact) mass is 293 g/mol. The number of aryl methyl sites for hydroxylation is 1. The van der Waals surface area contributed by atoms with E-state index in [1.54, 1.807) is 30.9 Å². The fourth-order valence-corrected chi connectivity index (χ4v) is 2.25. The summed E-state index contributed by atoms with van der Waals surface area (Å²) in [5.41, 5.74) is 1.27. The largest absolute Gasteiger partial charge is 0.331 e. The summed E-state index contributed by atoms with van der Waals surface area (Å²) in [4.78, 5) is 26.8. The van der Waals surface area contributed by atoms with Crippen LogP contribution in [-0.2, 0) is 4.79 Å². The van der Waals surface area contributed by atoms with Crippen LogP contribution in [0.4, 0.5) is 9.18 Å². The molecule has 2 rings (SSSR count). The zero-order valence-corrected chi connectivity index (χ0v) is 12.5. The molecule has 1 aliphatic heterocycles. The van der Waals surface area contributed by atoms with E-state index in [2.05, 4.69) is 5.32 Å². The van der Waals surface area contributed by atoms with Crippen LogP contribution in [0.2, 0.25) is 0 Å². The fraction of sp³-hybridized carbons (Fsp3) is 0.467. The van der Waals surface area contributed by atoms with E-state index in [4.69, 9.17) is 0 Å². The Kier molecular flexibility index (Phi) is 4.45. The molecular weight excluding hydrogens is 273 g/mol. The van der Waals surface area contributed by atoms with Gasteiger partial charge in [-0.3, -0.25) is 9.69 Å². The molecule has 1 atom stereocenters. The number of urea groups is 1. The predicted molar refractivity (Wildman–Crippen MR) is 77.0 cm³/mol. The maximum Gasteiger partial charge on any atom is 0.319 e. The van der Waals surface area contributed by atoms with Crippen molar-refractivity contribution < 1.29 is 14.0 Å². The molecular formula is C15H20FN3O2. The SMILES string of the molecule is CCN1CN(C(=O)N[C@@H](C)c2ccc(C)c(F)c2)CC1=O. The first-order valence-corrected chi connectivity index (χ1v) is 7.01. The van der Waals surface area contributed by atoms with Crippen molar-refractivity contribution in [3.8, 4) is 0 Å². The van der Waals surface area contributed by atoms with Gasteiger partial charge >= 0.3 is 6.03 Å². The molecule has 0 spiro atoms. The molecule has 1 saturated heterocycles. The van der Waals surface area contributed by atoms with Crippen LogP contribution < -0.4 is 5.32 Å². The van der Waals surface area contributed by atoms with E-state index in [-0.39, 0.29) is 30.3 Å². The molecule has 1 N–H and O–H groups in total. The molecule has 1 aromatic rings. The first-order chi connectivity index (χ1) is 9.92. The van der Waals surface area contributed by atoms with Crippen molar-refractivity contribution in [1.29, 1.82) is 0 Å². The number of hydrogen-bond donors (Lipinski definition) is 1. The second-order valence-corrected chi connectivity index (χ2v) is 5.27. The Labute approximate surface area is 123 Å². The lowest BCUT2D eigenvalue weighted by Crippen LogP contribution is -2.40. The number of halogens is 1. The van der Waals surface area contributed by atoms with Gasteiger partial charge in [0.2, 0.25) is 5.91 Å². The first-order valence-electron chi connectivity index (χ1n) is 7.01. The van der Waals surface area contributed by atoms with E-state index in [1.165, 1.54) is 11.0 Å². The summed E-state index contributed by atoms with van der Waals surface area (Å²) in [5, 5.41) is 2.79. The van der Waals surface area contributed by atoms with Crippen LogP contribution in [0.25, 0.3) is 0 Å². The number of nitrogens with one attached hydrogen (secondary N) is 1.